The summed E-state index contributed by atoms with van der Waals surface area (Å²) >= 11 is 0. The standard InChI is InChI=1S/C11H23NO3/c1-9(2)5-8-15-7-4-6-11(3,12)10(13)14/h9H,4-8,12H2,1-3H3,(H,13,14). The van der Waals surface area contributed by atoms with Crippen LogP contribution in [0.3, 0.4) is 0 Å². The lowest BCUT2D eigenvalue weighted by molar-refractivity contribution is -0.143. The quantitative estimate of drug-likeness (QED) is 0.606. The molecule has 0 bridgehead atoms. The van der Waals surface area contributed by atoms with Crippen molar-refractivity contribution in [2.45, 2.75) is 45.6 Å². The molecule has 4 heteroatoms. The Morgan fingerprint density at radius 2 is 2.07 bits per heavy atom. The molecule has 4 nitrogen and oxygen atoms in total. The van der Waals surface area contributed by atoms with Crippen molar-refractivity contribution in [3.05, 3.63) is 0 Å². The van der Waals surface area contributed by atoms with Crippen molar-refractivity contribution in [2.24, 2.45) is 11.7 Å². The number of carbonyl (C=O) groups is 1. The average Bonchev–Trinajstić information content (AvgIpc) is 2.10. The van der Waals surface area contributed by atoms with Gasteiger partial charge in [-0.25, -0.2) is 0 Å². The summed E-state index contributed by atoms with van der Waals surface area (Å²) in [6.07, 6.45) is 2.18. The van der Waals surface area contributed by atoms with E-state index in [9.17, 15) is 4.79 Å². The Hall–Kier alpha value is -0.610. The molecule has 0 rings (SSSR count). The van der Waals surface area contributed by atoms with E-state index in [-0.39, 0.29) is 0 Å². The first-order chi connectivity index (χ1) is 6.86. The highest BCUT2D eigenvalue weighted by atomic mass is 16.5. The zero-order valence-electron chi connectivity index (χ0n) is 9.95. The summed E-state index contributed by atoms with van der Waals surface area (Å²) < 4.78 is 5.37. The summed E-state index contributed by atoms with van der Waals surface area (Å²) in [7, 11) is 0. The highest BCUT2D eigenvalue weighted by Crippen LogP contribution is 2.09. The van der Waals surface area contributed by atoms with E-state index in [1.807, 2.05) is 0 Å². The Balaban J connectivity index is 3.43. The maximum absolute atomic E-state index is 10.7. The number of rotatable bonds is 8. The first kappa shape index (κ1) is 14.4. The van der Waals surface area contributed by atoms with Gasteiger partial charge in [-0.3, -0.25) is 4.79 Å². The van der Waals surface area contributed by atoms with Gasteiger partial charge in [0.05, 0.1) is 0 Å². The molecule has 0 heterocycles. The third-order valence-electron chi connectivity index (χ3n) is 2.31. The molecule has 90 valence electrons. The molecular weight excluding hydrogens is 194 g/mol. The predicted molar refractivity (Wildman–Crippen MR) is 59.7 cm³/mol. The number of hydrogen-bond acceptors (Lipinski definition) is 3. The van der Waals surface area contributed by atoms with Gasteiger partial charge in [0.25, 0.3) is 0 Å². The monoisotopic (exact) mass is 217 g/mol. The van der Waals surface area contributed by atoms with Crippen LogP contribution in [0.25, 0.3) is 0 Å². The molecule has 1 unspecified atom stereocenters. The van der Waals surface area contributed by atoms with Gasteiger partial charge in [0.1, 0.15) is 5.54 Å². The first-order valence-electron chi connectivity index (χ1n) is 5.46. The smallest absolute Gasteiger partial charge is 0.323 e. The van der Waals surface area contributed by atoms with Crippen LogP contribution in [0.15, 0.2) is 0 Å². The molecule has 0 saturated heterocycles. The topological polar surface area (TPSA) is 72.5 Å². The van der Waals surface area contributed by atoms with Gasteiger partial charge in [-0.2, -0.15) is 0 Å². The van der Waals surface area contributed by atoms with Gasteiger partial charge in [-0.15, -0.1) is 0 Å². The molecule has 0 amide bonds. The van der Waals surface area contributed by atoms with Gasteiger partial charge in [-0.05, 0) is 32.1 Å². The maximum atomic E-state index is 10.7. The number of carboxylic acids is 1. The molecular formula is C11H23NO3. The summed E-state index contributed by atoms with van der Waals surface area (Å²) in [5.74, 6) is -0.312. The summed E-state index contributed by atoms with van der Waals surface area (Å²) in [5.41, 5.74) is 4.44. The Morgan fingerprint density at radius 3 is 2.53 bits per heavy atom. The third kappa shape index (κ3) is 7.33. The van der Waals surface area contributed by atoms with Crippen molar-refractivity contribution in [1.29, 1.82) is 0 Å². The Morgan fingerprint density at radius 1 is 1.47 bits per heavy atom. The van der Waals surface area contributed by atoms with E-state index in [0.717, 1.165) is 13.0 Å². The second kappa shape index (κ2) is 6.80. The number of nitrogens with two attached hydrogens (primary N) is 1. The predicted octanol–water partition coefficient (Wildman–Crippen LogP) is 1.63. The SMILES string of the molecule is CC(C)CCOCCCC(C)(N)C(=O)O. The van der Waals surface area contributed by atoms with E-state index in [0.29, 0.717) is 25.4 Å². The molecule has 0 aliphatic heterocycles. The van der Waals surface area contributed by atoms with Crippen molar-refractivity contribution < 1.29 is 14.6 Å². The maximum Gasteiger partial charge on any atom is 0.323 e. The average molecular weight is 217 g/mol. The van der Waals surface area contributed by atoms with Crippen molar-refractivity contribution in [3.63, 3.8) is 0 Å². The van der Waals surface area contributed by atoms with Gasteiger partial charge in [0.2, 0.25) is 0 Å². The number of hydrogen-bond donors (Lipinski definition) is 2. The van der Waals surface area contributed by atoms with Crippen LogP contribution in [-0.2, 0) is 9.53 Å². The fourth-order valence-electron chi connectivity index (χ4n) is 1.07. The van der Waals surface area contributed by atoms with E-state index in [2.05, 4.69) is 13.8 Å². The van der Waals surface area contributed by atoms with Crippen LogP contribution in [0.4, 0.5) is 0 Å². The molecule has 0 aliphatic rings. The van der Waals surface area contributed by atoms with Crippen molar-refractivity contribution in [1.82, 2.24) is 0 Å². The van der Waals surface area contributed by atoms with Gasteiger partial charge >= 0.3 is 5.97 Å². The fourth-order valence-corrected chi connectivity index (χ4v) is 1.07. The molecule has 0 aromatic carbocycles. The molecule has 3 N–H and O–H groups in total. The van der Waals surface area contributed by atoms with E-state index >= 15 is 0 Å². The molecule has 0 radical (unpaired) electrons. The van der Waals surface area contributed by atoms with Crippen LogP contribution in [-0.4, -0.2) is 29.8 Å². The molecule has 0 spiro atoms. The van der Waals surface area contributed by atoms with Gasteiger partial charge in [0, 0.05) is 13.2 Å². The van der Waals surface area contributed by atoms with E-state index < -0.39 is 11.5 Å². The van der Waals surface area contributed by atoms with Crippen LogP contribution < -0.4 is 5.73 Å². The molecule has 0 aromatic heterocycles. The van der Waals surface area contributed by atoms with Crippen molar-refractivity contribution in [2.75, 3.05) is 13.2 Å². The van der Waals surface area contributed by atoms with Gasteiger partial charge in [-0.1, -0.05) is 13.8 Å². The van der Waals surface area contributed by atoms with Crippen LogP contribution in [0.1, 0.15) is 40.0 Å². The number of ether oxygens (including phenoxy) is 1. The largest absolute Gasteiger partial charge is 0.480 e. The minimum absolute atomic E-state index is 0.448. The molecule has 0 aromatic rings. The summed E-state index contributed by atoms with van der Waals surface area (Å²) in [6, 6.07) is 0. The van der Waals surface area contributed by atoms with Gasteiger partial charge in [0.15, 0.2) is 0 Å². The van der Waals surface area contributed by atoms with E-state index in [1.54, 1.807) is 0 Å². The van der Waals surface area contributed by atoms with Crippen LogP contribution in [0.2, 0.25) is 0 Å². The normalized spacial score (nSPS) is 15.3. The molecule has 0 saturated carbocycles. The third-order valence-corrected chi connectivity index (χ3v) is 2.31. The Bertz CT molecular complexity index is 190. The zero-order valence-corrected chi connectivity index (χ0v) is 9.95. The van der Waals surface area contributed by atoms with E-state index in [4.69, 9.17) is 15.6 Å². The Labute approximate surface area is 91.8 Å². The first-order valence-corrected chi connectivity index (χ1v) is 5.46. The molecule has 0 aliphatic carbocycles. The lowest BCUT2D eigenvalue weighted by Gasteiger charge is -2.18. The minimum atomic E-state index is -1.12. The molecule has 0 fully saturated rings. The summed E-state index contributed by atoms with van der Waals surface area (Å²) in [4.78, 5) is 10.7. The number of carboxylic acid groups (broad SMARTS) is 1. The number of aliphatic carboxylic acids is 1. The van der Waals surface area contributed by atoms with Gasteiger partial charge < -0.3 is 15.6 Å². The molecule has 15 heavy (non-hydrogen) atoms. The second-order valence-electron chi connectivity index (χ2n) is 4.62. The fraction of sp³-hybridized carbons (Fsp3) is 0.909. The van der Waals surface area contributed by atoms with Crippen molar-refractivity contribution >= 4 is 5.97 Å². The van der Waals surface area contributed by atoms with Crippen LogP contribution in [0, 0.1) is 5.92 Å². The lowest BCUT2D eigenvalue weighted by atomic mass is 9.98. The second-order valence-corrected chi connectivity index (χ2v) is 4.62. The molecule has 1 atom stereocenters. The van der Waals surface area contributed by atoms with E-state index in [1.165, 1.54) is 6.92 Å². The minimum Gasteiger partial charge on any atom is -0.480 e. The zero-order chi connectivity index (χ0) is 11.9. The Kier molecular flexibility index (Phi) is 6.52. The van der Waals surface area contributed by atoms with Crippen LogP contribution >= 0.6 is 0 Å². The van der Waals surface area contributed by atoms with Crippen LogP contribution in [0.5, 0.6) is 0 Å². The highest BCUT2D eigenvalue weighted by Gasteiger charge is 2.26. The summed E-state index contributed by atoms with van der Waals surface area (Å²) in [6.45, 7) is 7.15. The summed E-state index contributed by atoms with van der Waals surface area (Å²) in [5, 5.41) is 8.75. The lowest BCUT2D eigenvalue weighted by Crippen LogP contribution is -2.44. The van der Waals surface area contributed by atoms with Crippen molar-refractivity contribution in [3.8, 4) is 0 Å². The highest BCUT2D eigenvalue weighted by molar-refractivity contribution is 5.77.